The van der Waals surface area contributed by atoms with Crippen LogP contribution < -0.4 is 4.90 Å². The monoisotopic (exact) mass is 251 g/mol. The molecule has 0 radical (unpaired) electrons. The van der Waals surface area contributed by atoms with E-state index in [0.29, 0.717) is 11.8 Å². The van der Waals surface area contributed by atoms with Gasteiger partial charge in [-0.2, -0.15) is 0 Å². The van der Waals surface area contributed by atoms with E-state index in [2.05, 4.69) is 28.7 Å². The maximum atomic E-state index is 8.98. The van der Waals surface area contributed by atoms with Crippen LogP contribution in [0.15, 0.2) is 12.4 Å². The van der Waals surface area contributed by atoms with Gasteiger partial charge in [-0.25, -0.2) is 9.97 Å². The second-order valence-corrected chi connectivity index (χ2v) is 5.14. The molecule has 0 aromatic carbocycles. The maximum absolute atomic E-state index is 8.98. The molecule has 1 N–H and O–H groups in total. The molecule has 1 aliphatic heterocycles. The molecule has 2 atom stereocenters. The lowest BCUT2D eigenvalue weighted by molar-refractivity contribution is 0.0668. The first kappa shape index (κ1) is 13.2. The third kappa shape index (κ3) is 2.62. The van der Waals surface area contributed by atoms with E-state index in [4.69, 9.17) is 9.84 Å². The van der Waals surface area contributed by atoms with Crippen molar-refractivity contribution in [2.75, 3.05) is 25.1 Å². The predicted octanol–water partition coefficient (Wildman–Crippen LogP) is 1.08. The largest absolute Gasteiger partial charge is 0.392 e. The Bertz CT molecular complexity index is 380. The van der Waals surface area contributed by atoms with E-state index in [-0.39, 0.29) is 12.7 Å². The van der Waals surface area contributed by atoms with Crippen molar-refractivity contribution in [2.45, 2.75) is 26.6 Å². The van der Waals surface area contributed by atoms with Gasteiger partial charge in [0.15, 0.2) is 0 Å². The normalized spacial score (nSPS) is 23.9. The number of anilines is 1. The highest BCUT2D eigenvalue weighted by molar-refractivity contribution is 5.32. The SMILES string of the molecule is CO[C@H]1CN(c2ncc(CO)cn2)C[C@H]1C(C)C. The number of methoxy groups -OCH3 is 1. The topological polar surface area (TPSA) is 58.5 Å². The molecule has 0 aliphatic carbocycles. The molecular weight excluding hydrogens is 230 g/mol. The van der Waals surface area contributed by atoms with Crippen molar-refractivity contribution >= 4 is 5.95 Å². The summed E-state index contributed by atoms with van der Waals surface area (Å²) >= 11 is 0. The number of hydrogen-bond acceptors (Lipinski definition) is 5. The summed E-state index contributed by atoms with van der Waals surface area (Å²) in [4.78, 5) is 10.7. The van der Waals surface area contributed by atoms with Gasteiger partial charge in [-0.3, -0.25) is 0 Å². The number of hydrogen-bond donors (Lipinski definition) is 1. The zero-order valence-corrected chi connectivity index (χ0v) is 11.2. The van der Waals surface area contributed by atoms with Gasteiger partial charge in [0.05, 0.1) is 12.7 Å². The van der Waals surface area contributed by atoms with Gasteiger partial charge in [0.2, 0.25) is 5.95 Å². The van der Waals surface area contributed by atoms with Crippen molar-refractivity contribution in [1.82, 2.24) is 9.97 Å². The van der Waals surface area contributed by atoms with Crippen molar-refractivity contribution in [2.24, 2.45) is 11.8 Å². The van der Waals surface area contributed by atoms with Gasteiger partial charge < -0.3 is 14.7 Å². The Balaban J connectivity index is 2.10. The second-order valence-electron chi connectivity index (χ2n) is 5.14. The molecule has 0 unspecified atom stereocenters. The van der Waals surface area contributed by atoms with Crippen LogP contribution in [0, 0.1) is 11.8 Å². The molecule has 1 aromatic heterocycles. The number of ether oxygens (including phenoxy) is 1. The average Bonchev–Trinajstić information content (AvgIpc) is 2.83. The molecule has 1 fully saturated rings. The van der Waals surface area contributed by atoms with Crippen LogP contribution in [-0.2, 0) is 11.3 Å². The summed E-state index contributed by atoms with van der Waals surface area (Å²) in [6, 6.07) is 0. The first-order valence-electron chi connectivity index (χ1n) is 6.35. The van der Waals surface area contributed by atoms with Crippen LogP contribution in [0.4, 0.5) is 5.95 Å². The molecule has 2 rings (SSSR count). The van der Waals surface area contributed by atoms with E-state index in [1.54, 1.807) is 19.5 Å². The van der Waals surface area contributed by atoms with Crippen molar-refractivity contribution in [3.63, 3.8) is 0 Å². The first-order valence-corrected chi connectivity index (χ1v) is 6.35. The van der Waals surface area contributed by atoms with Gasteiger partial charge in [0.25, 0.3) is 0 Å². The summed E-state index contributed by atoms with van der Waals surface area (Å²) in [5.74, 6) is 1.81. The first-order chi connectivity index (χ1) is 8.65. The molecular formula is C13H21N3O2. The lowest BCUT2D eigenvalue weighted by atomic mass is 9.93. The fraction of sp³-hybridized carbons (Fsp3) is 0.692. The standard InChI is InChI=1S/C13H21N3O2/c1-9(2)11-6-16(7-12(11)18-3)13-14-4-10(8-17)5-15-13/h4-5,9,11-12,17H,6-8H2,1-3H3/t11-,12-/m0/s1. The van der Waals surface area contributed by atoms with Crippen LogP contribution in [0.25, 0.3) is 0 Å². The molecule has 18 heavy (non-hydrogen) atoms. The minimum absolute atomic E-state index is 0.0183. The van der Waals surface area contributed by atoms with E-state index in [1.165, 1.54) is 0 Å². The van der Waals surface area contributed by atoms with Crippen LogP contribution in [0.5, 0.6) is 0 Å². The summed E-state index contributed by atoms with van der Waals surface area (Å²) in [5, 5.41) is 8.98. The summed E-state index contributed by atoms with van der Waals surface area (Å²) in [7, 11) is 1.76. The molecule has 0 bridgehead atoms. The Morgan fingerprint density at radius 1 is 1.39 bits per heavy atom. The molecule has 0 spiro atoms. The van der Waals surface area contributed by atoms with E-state index < -0.39 is 0 Å². The molecule has 1 aliphatic rings. The number of aliphatic hydroxyl groups is 1. The van der Waals surface area contributed by atoms with Gasteiger partial charge in [0.1, 0.15) is 0 Å². The average molecular weight is 251 g/mol. The van der Waals surface area contributed by atoms with Gasteiger partial charge in [-0.1, -0.05) is 13.8 Å². The Labute approximate surface area is 108 Å². The van der Waals surface area contributed by atoms with E-state index in [0.717, 1.165) is 24.6 Å². The van der Waals surface area contributed by atoms with Gasteiger partial charge >= 0.3 is 0 Å². The highest BCUT2D eigenvalue weighted by Crippen LogP contribution is 2.28. The van der Waals surface area contributed by atoms with Crippen LogP contribution >= 0.6 is 0 Å². The third-order valence-electron chi connectivity index (χ3n) is 3.63. The van der Waals surface area contributed by atoms with Crippen LogP contribution in [-0.4, -0.2) is 41.4 Å². The number of aromatic nitrogens is 2. The Kier molecular flexibility index (Phi) is 4.14. The van der Waals surface area contributed by atoms with Crippen molar-refractivity contribution in [3.05, 3.63) is 18.0 Å². The zero-order chi connectivity index (χ0) is 13.1. The van der Waals surface area contributed by atoms with Crippen LogP contribution in [0.1, 0.15) is 19.4 Å². The molecule has 0 saturated carbocycles. The lowest BCUT2D eigenvalue weighted by Gasteiger charge is -2.19. The highest BCUT2D eigenvalue weighted by Gasteiger charge is 2.35. The molecule has 0 amide bonds. The van der Waals surface area contributed by atoms with Crippen molar-refractivity contribution < 1.29 is 9.84 Å². The van der Waals surface area contributed by atoms with Gasteiger partial charge in [-0.05, 0) is 5.92 Å². The van der Waals surface area contributed by atoms with E-state index >= 15 is 0 Å². The quantitative estimate of drug-likeness (QED) is 0.867. The molecule has 1 saturated heterocycles. The molecule has 1 aromatic rings. The number of rotatable bonds is 4. The zero-order valence-electron chi connectivity index (χ0n) is 11.2. The van der Waals surface area contributed by atoms with Gasteiger partial charge in [-0.15, -0.1) is 0 Å². The summed E-state index contributed by atoms with van der Waals surface area (Å²) in [6.07, 6.45) is 3.59. The lowest BCUT2D eigenvalue weighted by Crippen LogP contribution is -2.25. The predicted molar refractivity (Wildman–Crippen MR) is 69.3 cm³/mol. The molecule has 100 valence electrons. The van der Waals surface area contributed by atoms with E-state index in [9.17, 15) is 0 Å². The summed E-state index contributed by atoms with van der Waals surface area (Å²) < 4.78 is 5.54. The van der Waals surface area contributed by atoms with Crippen LogP contribution in [0.3, 0.4) is 0 Å². The second kappa shape index (κ2) is 5.63. The van der Waals surface area contributed by atoms with Gasteiger partial charge in [0, 0.05) is 44.1 Å². The summed E-state index contributed by atoms with van der Waals surface area (Å²) in [5.41, 5.74) is 0.738. The fourth-order valence-corrected chi connectivity index (χ4v) is 2.44. The van der Waals surface area contributed by atoms with Crippen molar-refractivity contribution in [1.29, 1.82) is 0 Å². The molecule has 2 heterocycles. The third-order valence-corrected chi connectivity index (χ3v) is 3.63. The smallest absolute Gasteiger partial charge is 0.225 e. The Hall–Kier alpha value is -1.20. The Morgan fingerprint density at radius 3 is 2.50 bits per heavy atom. The highest BCUT2D eigenvalue weighted by atomic mass is 16.5. The number of nitrogens with zero attached hydrogens (tertiary/aromatic N) is 3. The minimum Gasteiger partial charge on any atom is -0.392 e. The maximum Gasteiger partial charge on any atom is 0.225 e. The summed E-state index contributed by atoms with van der Waals surface area (Å²) in [6.45, 7) is 6.17. The number of aliphatic hydroxyl groups excluding tert-OH is 1. The van der Waals surface area contributed by atoms with Crippen LogP contribution in [0.2, 0.25) is 0 Å². The minimum atomic E-state index is -0.0183. The molecule has 5 heteroatoms. The molecule has 5 nitrogen and oxygen atoms in total. The Morgan fingerprint density at radius 2 is 2.06 bits per heavy atom. The fourth-order valence-electron chi connectivity index (χ4n) is 2.44. The van der Waals surface area contributed by atoms with Crippen molar-refractivity contribution in [3.8, 4) is 0 Å². The van der Waals surface area contributed by atoms with E-state index in [1.807, 2.05) is 0 Å².